The Morgan fingerprint density at radius 3 is 2.12 bits per heavy atom. The van der Waals surface area contributed by atoms with E-state index in [1.54, 1.807) is 14.2 Å². The van der Waals surface area contributed by atoms with Gasteiger partial charge in [0.2, 0.25) is 6.79 Å². The van der Waals surface area contributed by atoms with Gasteiger partial charge in [-0.1, -0.05) is 42.5 Å². The van der Waals surface area contributed by atoms with Crippen LogP contribution in [-0.2, 0) is 19.3 Å². The van der Waals surface area contributed by atoms with Crippen LogP contribution in [0.4, 0.5) is 0 Å². The van der Waals surface area contributed by atoms with Gasteiger partial charge in [-0.25, -0.2) is 0 Å². The summed E-state index contributed by atoms with van der Waals surface area (Å²) >= 11 is 0. The van der Waals surface area contributed by atoms with Gasteiger partial charge in [-0.2, -0.15) is 0 Å². The first kappa shape index (κ1) is 23.0. The third-order valence-electron chi connectivity index (χ3n) is 6.10. The van der Waals surface area contributed by atoms with Crippen molar-refractivity contribution >= 4 is 0 Å². The Labute approximate surface area is 196 Å². The summed E-state index contributed by atoms with van der Waals surface area (Å²) in [6.45, 7) is 3.37. The highest BCUT2D eigenvalue weighted by molar-refractivity contribution is 5.44. The smallest absolute Gasteiger partial charge is 0.231 e. The van der Waals surface area contributed by atoms with Crippen LogP contribution in [-0.4, -0.2) is 45.5 Å². The normalized spacial score (nSPS) is 12.2. The van der Waals surface area contributed by atoms with Gasteiger partial charge >= 0.3 is 0 Å². The first-order valence-electron chi connectivity index (χ1n) is 11.6. The molecule has 3 aromatic rings. The fraction of sp³-hybridized carbons (Fsp3) is 0.357. The summed E-state index contributed by atoms with van der Waals surface area (Å²) in [7, 11) is 3.35. The van der Waals surface area contributed by atoms with Gasteiger partial charge in [0, 0.05) is 13.1 Å². The molecule has 4 rings (SSSR count). The summed E-state index contributed by atoms with van der Waals surface area (Å²) in [4.78, 5) is 2.56. The molecule has 5 heteroatoms. The van der Waals surface area contributed by atoms with Crippen LogP contribution >= 0.6 is 0 Å². The standard InChI is InChI=1S/C28H33NO4/c1-30-25-12-10-23(19-27(25)31-2)14-17-29(16-6-9-22-7-4-3-5-8-22)18-15-24-11-13-26-28(20-24)33-21-32-26/h3-5,7-8,10-13,19-20H,6,9,14-18,21H2,1-2H3. The van der Waals surface area contributed by atoms with E-state index in [9.17, 15) is 0 Å². The minimum Gasteiger partial charge on any atom is -0.493 e. The van der Waals surface area contributed by atoms with Crippen molar-refractivity contribution in [3.8, 4) is 23.0 Å². The monoisotopic (exact) mass is 447 g/mol. The van der Waals surface area contributed by atoms with E-state index in [1.807, 2.05) is 12.1 Å². The molecule has 0 saturated carbocycles. The second kappa shape index (κ2) is 11.6. The molecule has 0 N–H and O–H groups in total. The number of methoxy groups -OCH3 is 2. The van der Waals surface area contributed by atoms with Crippen LogP contribution in [0.25, 0.3) is 0 Å². The molecule has 0 saturated heterocycles. The highest BCUT2D eigenvalue weighted by Gasteiger charge is 2.14. The number of rotatable bonds is 12. The summed E-state index contributed by atoms with van der Waals surface area (Å²) in [6.07, 6.45) is 4.18. The van der Waals surface area contributed by atoms with Crippen LogP contribution in [0.15, 0.2) is 66.7 Å². The topological polar surface area (TPSA) is 40.2 Å². The SMILES string of the molecule is COc1ccc(CCN(CCCc2ccccc2)CCc2ccc3c(c2)OCO3)cc1OC. The molecule has 3 aromatic carbocycles. The lowest BCUT2D eigenvalue weighted by Gasteiger charge is -2.23. The number of hydrogen-bond donors (Lipinski definition) is 0. The molecule has 0 atom stereocenters. The Bertz CT molecular complexity index is 1020. The van der Waals surface area contributed by atoms with Crippen molar-refractivity contribution in [3.05, 3.63) is 83.4 Å². The third kappa shape index (κ3) is 6.42. The zero-order chi connectivity index (χ0) is 22.9. The van der Waals surface area contributed by atoms with Gasteiger partial charge in [0.05, 0.1) is 14.2 Å². The van der Waals surface area contributed by atoms with Crippen molar-refractivity contribution in [2.45, 2.75) is 25.7 Å². The summed E-state index contributed by atoms with van der Waals surface area (Å²) in [5, 5.41) is 0. The molecule has 5 nitrogen and oxygen atoms in total. The van der Waals surface area contributed by atoms with E-state index in [2.05, 4.69) is 59.5 Å². The maximum Gasteiger partial charge on any atom is 0.231 e. The molecular formula is C28H33NO4. The number of aryl methyl sites for hydroxylation is 1. The Morgan fingerprint density at radius 2 is 1.36 bits per heavy atom. The van der Waals surface area contributed by atoms with Crippen molar-refractivity contribution in [1.82, 2.24) is 4.90 Å². The van der Waals surface area contributed by atoms with Gasteiger partial charge in [0.25, 0.3) is 0 Å². The molecule has 0 aromatic heterocycles. The fourth-order valence-corrected chi connectivity index (χ4v) is 4.19. The molecule has 33 heavy (non-hydrogen) atoms. The van der Waals surface area contributed by atoms with Gasteiger partial charge in [0.15, 0.2) is 23.0 Å². The first-order chi connectivity index (χ1) is 16.2. The Morgan fingerprint density at radius 1 is 0.667 bits per heavy atom. The lowest BCUT2D eigenvalue weighted by Crippen LogP contribution is -2.30. The van der Waals surface area contributed by atoms with Gasteiger partial charge in [-0.3, -0.25) is 0 Å². The highest BCUT2D eigenvalue weighted by Crippen LogP contribution is 2.32. The van der Waals surface area contributed by atoms with E-state index < -0.39 is 0 Å². The van der Waals surface area contributed by atoms with Crippen LogP contribution in [0.3, 0.4) is 0 Å². The first-order valence-corrected chi connectivity index (χ1v) is 11.6. The van der Waals surface area contributed by atoms with E-state index in [-0.39, 0.29) is 0 Å². The van der Waals surface area contributed by atoms with Crippen molar-refractivity contribution in [1.29, 1.82) is 0 Å². The lowest BCUT2D eigenvalue weighted by atomic mass is 10.1. The molecule has 174 valence electrons. The molecule has 0 unspecified atom stereocenters. The van der Waals surface area contributed by atoms with Crippen LogP contribution < -0.4 is 18.9 Å². The summed E-state index contributed by atoms with van der Waals surface area (Å²) in [6, 6.07) is 23.2. The van der Waals surface area contributed by atoms with Crippen molar-refractivity contribution in [2.24, 2.45) is 0 Å². The predicted molar refractivity (Wildman–Crippen MR) is 131 cm³/mol. The zero-order valence-corrected chi connectivity index (χ0v) is 19.6. The van der Waals surface area contributed by atoms with E-state index in [0.29, 0.717) is 6.79 Å². The second-order valence-corrected chi connectivity index (χ2v) is 8.31. The maximum atomic E-state index is 5.55. The quantitative estimate of drug-likeness (QED) is 0.384. The van der Waals surface area contributed by atoms with Crippen molar-refractivity contribution in [2.75, 3.05) is 40.6 Å². The maximum absolute atomic E-state index is 5.55. The Kier molecular flexibility index (Phi) is 8.09. The average Bonchev–Trinajstić information content (AvgIpc) is 3.33. The molecule has 0 amide bonds. The lowest BCUT2D eigenvalue weighted by molar-refractivity contribution is 0.174. The number of benzene rings is 3. The fourth-order valence-electron chi connectivity index (χ4n) is 4.19. The van der Waals surface area contributed by atoms with Gasteiger partial charge in [-0.15, -0.1) is 0 Å². The minimum absolute atomic E-state index is 0.315. The van der Waals surface area contributed by atoms with E-state index in [4.69, 9.17) is 18.9 Å². The zero-order valence-electron chi connectivity index (χ0n) is 19.6. The molecular weight excluding hydrogens is 414 g/mol. The van der Waals surface area contributed by atoms with Crippen LogP contribution in [0.5, 0.6) is 23.0 Å². The largest absolute Gasteiger partial charge is 0.493 e. The van der Waals surface area contributed by atoms with E-state index in [1.165, 1.54) is 16.7 Å². The van der Waals surface area contributed by atoms with Gasteiger partial charge in [-0.05, 0) is 73.2 Å². The summed E-state index contributed by atoms with van der Waals surface area (Å²) in [5.41, 5.74) is 3.93. The van der Waals surface area contributed by atoms with Crippen molar-refractivity contribution < 1.29 is 18.9 Å². The van der Waals surface area contributed by atoms with Crippen molar-refractivity contribution in [3.63, 3.8) is 0 Å². The average molecular weight is 448 g/mol. The molecule has 0 spiro atoms. The van der Waals surface area contributed by atoms with Gasteiger partial charge in [0.1, 0.15) is 0 Å². The number of hydrogen-bond acceptors (Lipinski definition) is 5. The number of nitrogens with zero attached hydrogens (tertiary/aromatic N) is 1. The highest BCUT2D eigenvalue weighted by atomic mass is 16.7. The van der Waals surface area contributed by atoms with E-state index in [0.717, 1.165) is 68.3 Å². The molecule has 0 aliphatic carbocycles. The molecule has 0 radical (unpaired) electrons. The number of ether oxygens (including phenoxy) is 4. The number of fused-ring (bicyclic) bond motifs is 1. The molecule has 1 aliphatic heterocycles. The van der Waals surface area contributed by atoms with Gasteiger partial charge < -0.3 is 23.8 Å². The molecule has 0 fully saturated rings. The molecule has 0 bridgehead atoms. The second-order valence-electron chi connectivity index (χ2n) is 8.31. The third-order valence-corrected chi connectivity index (χ3v) is 6.10. The Hall–Kier alpha value is -3.18. The summed E-state index contributed by atoms with van der Waals surface area (Å²) in [5.74, 6) is 3.25. The van der Waals surface area contributed by atoms with Crippen LogP contribution in [0, 0.1) is 0 Å². The Balaban J connectivity index is 1.37. The molecule has 1 heterocycles. The minimum atomic E-state index is 0.315. The van der Waals surface area contributed by atoms with E-state index >= 15 is 0 Å². The predicted octanol–water partition coefficient (Wildman–Crippen LogP) is 5.15. The van der Waals surface area contributed by atoms with Crippen LogP contribution in [0.2, 0.25) is 0 Å². The summed E-state index contributed by atoms with van der Waals surface area (Å²) < 4.78 is 21.8. The molecule has 1 aliphatic rings. The van der Waals surface area contributed by atoms with Crippen LogP contribution in [0.1, 0.15) is 23.1 Å².